The van der Waals surface area contributed by atoms with Crippen LogP contribution in [0.2, 0.25) is 0 Å². The van der Waals surface area contributed by atoms with E-state index in [1.807, 2.05) is 34.1 Å². The molecule has 0 aliphatic rings. The van der Waals surface area contributed by atoms with Crippen molar-refractivity contribution in [2.24, 2.45) is 0 Å². The molecule has 0 rings (SSSR count). The third kappa shape index (κ3) is 33.5. The molecule has 0 aromatic carbocycles. The average Bonchev–Trinajstić information content (AvgIpc) is 3.01. The molecular formula is C38H77N2O6P. The topological polar surface area (TPSA) is 108 Å². The van der Waals surface area contributed by atoms with Gasteiger partial charge in [-0.25, -0.2) is 0 Å². The molecule has 0 aliphatic carbocycles. The van der Waals surface area contributed by atoms with E-state index in [-0.39, 0.29) is 19.1 Å². The normalized spacial score (nSPS) is 14.8. The fourth-order valence-corrected chi connectivity index (χ4v) is 6.29. The minimum Gasteiger partial charge on any atom is -0.756 e. The van der Waals surface area contributed by atoms with Crippen molar-refractivity contribution in [1.82, 2.24) is 5.32 Å². The summed E-state index contributed by atoms with van der Waals surface area (Å²) in [6, 6.07) is -0.875. The standard InChI is InChI=1S/C38H77N2O6P/c1-6-8-10-11-12-13-14-15-16-17-18-19-20-21-22-23-24-25-26-27-28-30-32-38(42)39-36(37(41)31-29-9-7-2)35-46-47(43,44)45-34-33-40(3,4)5/h29,31,36-37,41H,6-28,30,32-35H2,1-5H3,(H-,39,42,43,44)/b31-29+. The van der Waals surface area contributed by atoms with Gasteiger partial charge in [-0.1, -0.05) is 167 Å². The summed E-state index contributed by atoms with van der Waals surface area (Å²) in [5.41, 5.74) is 0. The van der Waals surface area contributed by atoms with Crippen molar-refractivity contribution in [3.8, 4) is 0 Å². The Morgan fingerprint density at radius 3 is 1.55 bits per heavy atom. The first kappa shape index (κ1) is 46.2. The Kier molecular flexibility index (Phi) is 30.7. The number of unbranched alkanes of at least 4 members (excludes halogenated alkanes) is 22. The number of phosphoric acid groups is 1. The van der Waals surface area contributed by atoms with E-state index in [1.165, 1.54) is 122 Å². The number of carbonyl (C=O) groups is 1. The van der Waals surface area contributed by atoms with E-state index in [0.717, 1.165) is 32.1 Å². The Labute approximate surface area is 291 Å². The second-order valence-corrected chi connectivity index (χ2v) is 16.1. The lowest BCUT2D eigenvalue weighted by Crippen LogP contribution is -2.45. The van der Waals surface area contributed by atoms with Gasteiger partial charge in [-0.2, -0.15) is 0 Å². The van der Waals surface area contributed by atoms with Crippen LogP contribution in [0.15, 0.2) is 12.2 Å². The zero-order chi connectivity index (χ0) is 35.1. The van der Waals surface area contributed by atoms with Crippen LogP contribution in [0.1, 0.15) is 174 Å². The molecule has 0 saturated carbocycles. The lowest BCUT2D eigenvalue weighted by molar-refractivity contribution is -0.870. The third-order valence-corrected chi connectivity index (χ3v) is 9.69. The highest BCUT2D eigenvalue weighted by molar-refractivity contribution is 7.45. The van der Waals surface area contributed by atoms with Gasteiger partial charge in [0.05, 0.1) is 39.9 Å². The summed E-state index contributed by atoms with van der Waals surface area (Å²) < 4.78 is 22.8. The van der Waals surface area contributed by atoms with Crippen molar-refractivity contribution in [2.45, 2.75) is 187 Å². The molecule has 280 valence electrons. The number of carbonyl (C=O) groups excluding carboxylic acids is 1. The van der Waals surface area contributed by atoms with Gasteiger partial charge in [-0.05, 0) is 12.8 Å². The maximum atomic E-state index is 12.6. The predicted molar refractivity (Wildman–Crippen MR) is 196 cm³/mol. The van der Waals surface area contributed by atoms with E-state index in [9.17, 15) is 19.4 Å². The van der Waals surface area contributed by atoms with Gasteiger partial charge in [0.1, 0.15) is 13.2 Å². The van der Waals surface area contributed by atoms with E-state index in [2.05, 4.69) is 12.2 Å². The summed E-state index contributed by atoms with van der Waals surface area (Å²) >= 11 is 0. The van der Waals surface area contributed by atoms with Crippen LogP contribution < -0.4 is 10.2 Å². The van der Waals surface area contributed by atoms with Crippen LogP contribution in [0, 0.1) is 0 Å². The number of rotatable bonds is 35. The average molecular weight is 689 g/mol. The summed E-state index contributed by atoms with van der Waals surface area (Å²) in [5.74, 6) is -0.207. The second-order valence-electron chi connectivity index (χ2n) is 14.6. The first-order valence-corrected chi connectivity index (χ1v) is 21.0. The van der Waals surface area contributed by atoms with Crippen molar-refractivity contribution in [3.05, 3.63) is 12.2 Å². The lowest BCUT2D eigenvalue weighted by Gasteiger charge is -2.29. The Balaban J connectivity index is 3.93. The molecule has 47 heavy (non-hydrogen) atoms. The van der Waals surface area contributed by atoms with Crippen molar-refractivity contribution in [1.29, 1.82) is 0 Å². The van der Waals surface area contributed by atoms with E-state index >= 15 is 0 Å². The molecule has 3 atom stereocenters. The number of quaternary nitrogens is 1. The number of nitrogens with zero attached hydrogens (tertiary/aromatic N) is 1. The van der Waals surface area contributed by atoms with Crippen LogP contribution in [0.4, 0.5) is 0 Å². The number of amides is 1. The van der Waals surface area contributed by atoms with Gasteiger partial charge >= 0.3 is 0 Å². The van der Waals surface area contributed by atoms with Crippen molar-refractivity contribution >= 4 is 13.7 Å². The van der Waals surface area contributed by atoms with Crippen LogP contribution in [-0.2, 0) is 18.4 Å². The predicted octanol–water partition coefficient (Wildman–Crippen LogP) is 9.39. The van der Waals surface area contributed by atoms with Gasteiger partial charge in [-0.3, -0.25) is 9.36 Å². The van der Waals surface area contributed by atoms with Crippen LogP contribution in [0.25, 0.3) is 0 Å². The zero-order valence-electron chi connectivity index (χ0n) is 31.5. The molecule has 0 spiro atoms. The minimum absolute atomic E-state index is 0.000230. The van der Waals surface area contributed by atoms with Crippen LogP contribution in [0.5, 0.6) is 0 Å². The molecule has 0 aromatic rings. The van der Waals surface area contributed by atoms with Crippen LogP contribution in [-0.4, -0.2) is 68.5 Å². The highest BCUT2D eigenvalue weighted by Crippen LogP contribution is 2.38. The molecule has 9 heteroatoms. The SMILES string of the molecule is CCC/C=C/C(O)C(COP(=O)([O-])OCC[N+](C)(C)C)NC(=O)CCCCCCCCCCCCCCCCCCCCCCCC. The maximum Gasteiger partial charge on any atom is 0.268 e. The Hall–Kier alpha value is -0.760. The number of aliphatic hydroxyl groups excluding tert-OH is 1. The van der Waals surface area contributed by atoms with Crippen molar-refractivity contribution < 1.29 is 32.9 Å². The van der Waals surface area contributed by atoms with E-state index in [0.29, 0.717) is 17.4 Å². The number of nitrogens with one attached hydrogen (secondary N) is 1. The molecule has 0 bridgehead atoms. The molecule has 0 saturated heterocycles. The van der Waals surface area contributed by atoms with Crippen LogP contribution in [0.3, 0.4) is 0 Å². The number of phosphoric ester groups is 1. The van der Waals surface area contributed by atoms with Crippen molar-refractivity contribution in [2.75, 3.05) is 40.9 Å². The Bertz CT molecular complexity index is 789. The molecular weight excluding hydrogens is 611 g/mol. The van der Waals surface area contributed by atoms with Crippen molar-refractivity contribution in [3.63, 3.8) is 0 Å². The summed E-state index contributed by atoms with van der Waals surface area (Å²) in [7, 11) is 1.26. The van der Waals surface area contributed by atoms with E-state index in [4.69, 9.17) is 9.05 Å². The number of hydrogen-bond donors (Lipinski definition) is 2. The van der Waals surface area contributed by atoms with E-state index in [1.54, 1.807) is 6.08 Å². The third-order valence-electron chi connectivity index (χ3n) is 8.73. The van der Waals surface area contributed by atoms with Gasteiger partial charge in [0.25, 0.3) is 7.82 Å². The van der Waals surface area contributed by atoms with E-state index < -0.39 is 20.0 Å². The summed E-state index contributed by atoms with van der Waals surface area (Å²) in [5, 5.41) is 13.4. The lowest BCUT2D eigenvalue weighted by atomic mass is 10.0. The van der Waals surface area contributed by atoms with Gasteiger partial charge in [-0.15, -0.1) is 0 Å². The number of likely N-dealkylation sites (N-methyl/N-ethyl adjacent to an activating group) is 1. The summed E-state index contributed by atoms with van der Waals surface area (Å²) in [6.45, 7) is 4.43. The molecule has 0 heterocycles. The maximum absolute atomic E-state index is 12.6. The molecule has 2 N–H and O–H groups in total. The summed E-state index contributed by atoms with van der Waals surface area (Å²) in [4.78, 5) is 24.9. The molecule has 0 radical (unpaired) electrons. The fourth-order valence-electron chi connectivity index (χ4n) is 5.57. The summed E-state index contributed by atoms with van der Waals surface area (Å²) in [6.07, 6.45) is 33.5. The first-order valence-electron chi connectivity index (χ1n) is 19.6. The second kappa shape index (κ2) is 31.2. The molecule has 0 aromatic heterocycles. The smallest absolute Gasteiger partial charge is 0.268 e. The molecule has 8 nitrogen and oxygen atoms in total. The highest BCUT2D eigenvalue weighted by Gasteiger charge is 2.23. The first-order chi connectivity index (χ1) is 22.5. The Morgan fingerprint density at radius 2 is 1.15 bits per heavy atom. The fraction of sp³-hybridized carbons (Fsp3) is 0.921. The quantitative estimate of drug-likeness (QED) is 0.0297. The molecule has 0 fully saturated rings. The number of aliphatic hydroxyl groups is 1. The number of hydrogen-bond acceptors (Lipinski definition) is 6. The van der Waals surface area contributed by atoms with Gasteiger partial charge in [0, 0.05) is 6.42 Å². The minimum atomic E-state index is -4.55. The van der Waals surface area contributed by atoms with Crippen LogP contribution >= 0.6 is 7.82 Å². The molecule has 0 aliphatic heterocycles. The van der Waals surface area contributed by atoms with Gasteiger partial charge in [0.2, 0.25) is 5.91 Å². The Morgan fingerprint density at radius 1 is 0.723 bits per heavy atom. The zero-order valence-corrected chi connectivity index (χ0v) is 32.4. The largest absolute Gasteiger partial charge is 0.756 e. The monoisotopic (exact) mass is 689 g/mol. The molecule has 1 amide bonds. The number of allylic oxidation sites excluding steroid dienone is 1. The van der Waals surface area contributed by atoms with Gasteiger partial charge in [0.15, 0.2) is 0 Å². The molecule has 3 unspecified atom stereocenters. The van der Waals surface area contributed by atoms with Gasteiger partial charge < -0.3 is 28.8 Å². The highest BCUT2D eigenvalue weighted by atomic mass is 31.2.